The van der Waals surface area contributed by atoms with Crippen molar-refractivity contribution in [2.75, 3.05) is 30.7 Å². The molecule has 1 heterocycles. The van der Waals surface area contributed by atoms with Gasteiger partial charge in [-0.1, -0.05) is 11.8 Å². The fourth-order valence-electron chi connectivity index (χ4n) is 1.63. The van der Waals surface area contributed by atoms with E-state index in [1.165, 1.54) is 11.8 Å². The first-order valence-corrected chi connectivity index (χ1v) is 8.89. The predicted molar refractivity (Wildman–Crippen MR) is 56.3 cm³/mol. The molecule has 0 aromatic carbocycles. The number of nitrogens with zero attached hydrogens (tertiary/aromatic N) is 1. The Balaban J connectivity index is 2.80. The van der Waals surface area contributed by atoms with E-state index >= 15 is 0 Å². The first-order valence-electron chi connectivity index (χ1n) is 4.14. The number of hydrogen-bond donors (Lipinski definition) is 4. The molecule has 0 saturated carbocycles. The van der Waals surface area contributed by atoms with Crippen LogP contribution >= 0.6 is 27.0 Å². The Kier molecular flexibility index (Phi) is 4.07. The normalized spacial score (nSPS) is 21.9. The molecule has 15 heavy (non-hydrogen) atoms. The lowest BCUT2D eigenvalue weighted by molar-refractivity contribution is -0.889. The highest BCUT2D eigenvalue weighted by molar-refractivity contribution is 7.99. The molecule has 0 atom stereocenters. The molecule has 0 bridgehead atoms. The van der Waals surface area contributed by atoms with Crippen LogP contribution in [0.2, 0.25) is 0 Å². The average Bonchev–Trinajstić information content (AvgIpc) is 2.27. The SMILES string of the molecule is O=P(O)(O)C[N+]1(CP(=O)(O)O)CCSC1. The third-order valence-electron chi connectivity index (χ3n) is 2.04. The maximum absolute atomic E-state index is 10.9. The van der Waals surface area contributed by atoms with E-state index in [-0.39, 0.29) is 4.48 Å². The molecule has 90 valence electrons. The van der Waals surface area contributed by atoms with Gasteiger partial charge in [0, 0.05) is 5.75 Å². The van der Waals surface area contributed by atoms with E-state index in [9.17, 15) is 9.13 Å². The van der Waals surface area contributed by atoms with Gasteiger partial charge in [-0.2, -0.15) is 0 Å². The summed E-state index contributed by atoms with van der Waals surface area (Å²) in [7, 11) is -8.50. The van der Waals surface area contributed by atoms with Gasteiger partial charge in [0.2, 0.25) is 0 Å². The molecule has 0 spiro atoms. The average molecular weight is 278 g/mol. The van der Waals surface area contributed by atoms with Crippen molar-refractivity contribution in [1.82, 2.24) is 0 Å². The maximum Gasteiger partial charge on any atom is 0.379 e. The van der Waals surface area contributed by atoms with E-state index in [1.807, 2.05) is 0 Å². The monoisotopic (exact) mass is 278 g/mol. The van der Waals surface area contributed by atoms with Gasteiger partial charge in [-0.05, 0) is 0 Å². The van der Waals surface area contributed by atoms with Crippen LogP contribution in [0.3, 0.4) is 0 Å². The highest BCUT2D eigenvalue weighted by atomic mass is 32.2. The molecule has 7 nitrogen and oxygen atoms in total. The highest BCUT2D eigenvalue weighted by Crippen LogP contribution is 2.47. The molecule has 0 unspecified atom stereocenters. The maximum atomic E-state index is 10.9. The van der Waals surface area contributed by atoms with Crippen LogP contribution < -0.4 is 0 Å². The number of rotatable bonds is 4. The number of quaternary nitrogens is 1. The van der Waals surface area contributed by atoms with E-state index < -0.39 is 27.8 Å². The van der Waals surface area contributed by atoms with Crippen molar-refractivity contribution < 1.29 is 33.2 Å². The minimum absolute atomic E-state index is 0.195. The molecule has 1 rings (SSSR count). The summed E-state index contributed by atoms with van der Waals surface area (Å²) in [6, 6.07) is 0. The van der Waals surface area contributed by atoms with Crippen LogP contribution in [-0.2, 0) is 9.13 Å². The number of hydrogen-bond acceptors (Lipinski definition) is 3. The second-order valence-electron chi connectivity index (χ2n) is 3.71. The molecular weight excluding hydrogens is 264 g/mol. The first kappa shape index (κ1) is 13.7. The minimum Gasteiger partial charge on any atom is -0.321 e. The van der Waals surface area contributed by atoms with Gasteiger partial charge in [0.25, 0.3) is 0 Å². The lowest BCUT2D eigenvalue weighted by Crippen LogP contribution is -2.46. The standard InChI is InChI=1S/C5H13NO6P2S/c7-13(8,9)3-6(1-2-15-5-6)4-14(10,11)12/h1-5H2,(H3-,7,8,9,10,11,12)/p+1. The molecule has 10 heteroatoms. The number of thioether (sulfide) groups is 1. The quantitative estimate of drug-likeness (QED) is 0.415. The lowest BCUT2D eigenvalue weighted by atomic mass is 10.6. The lowest BCUT2D eigenvalue weighted by Gasteiger charge is -2.33. The molecule has 0 aromatic rings. The van der Waals surface area contributed by atoms with E-state index in [2.05, 4.69) is 0 Å². The van der Waals surface area contributed by atoms with Gasteiger partial charge in [0.15, 0.2) is 12.6 Å². The Labute approximate surface area is 91.4 Å². The second-order valence-corrected chi connectivity index (χ2v) is 8.01. The van der Waals surface area contributed by atoms with Crippen molar-refractivity contribution in [3.63, 3.8) is 0 Å². The Morgan fingerprint density at radius 2 is 1.53 bits per heavy atom. The van der Waals surface area contributed by atoms with Crippen LogP contribution in [0.25, 0.3) is 0 Å². The molecule has 1 saturated heterocycles. The molecule has 4 N–H and O–H groups in total. The third-order valence-corrected chi connectivity index (χ3v) is 5.18. The zero-order valence-corrected chi connectivity index (χ0v) is 10.5. The van der Waals surface area contributed by atoms with Crippen molar-refractivity contribution in [2.45, 2.75) is 0 Å². The summed E-state index contributed by atoms with van der Waals surface area (Å²) in [5.41, 5.74) is 0. The van der Waals surface area contributed by atoms with Crippen molar-refractivity contribution >= 4 is 27.0 Å². The molecular formula is C5H14NO6P2S+. The van der Waals surface area contributed by atoms with Crippen molar-refractivity contribution in [1.29, 1.82) is 0 Å². The van der Waals surface area contributed by atoms with Gasteiger partial charge in [0.05, 0.1) is 6.54 Å². The molecule has 0 aliphatic carbocycles. The molecule has 1 aliphatic heterocycles. The van der Waals surface area contributed by atoms with Crippen LogP contribution in [0.15, 0.2) is 0 Å². The summed E-state index contributed by atoms with van der Waals surface area (Å²) in [6.07, 6.45) is -0.990. The Bertz CT molecular complexity index is 291. The van der Waals surface area contributed by atoms with E-state index in [1.54, 1.807) is 0 Å². The van der Waals surface area contributed by atoms with E-state index in [0.717, 1.165) is 0 Å². The van der Waals surface area contributed by atoms with E-state index in [0.29, 0.717) is 18.2 Å². The van der Waals surface area contributed by atoms with Crippen LogP contribution in [0.4, 0.5) is 0 Å². The summed E-state index contributed by atoms with van der Waals surface area (Å²) in [5, 5.41) is 0. The zero-order chi connectivity index (χ0) is 11.7. The summed E-state index contributed by atoms with van der Waals surface area (Å²) < 4.78 is 21.6. The van der Waals surface area contributed by atoms with Crippen LogP contribution in [0, 0.1) is 0 Å². The van der Waals surface area contributed by atoms with E-state index in [4.69, 9.17) is 19.6 Å². The first-order chi connectivity index (χ1) is 6.62. The predicted octanol–water partition coefficient (Wildman–Crippen LogP) is -0.222. The molecule has 0 radical (unpaired) electrons. The third kappa shape index (κ3) is 4.97. The van der Waals surface area contributed by atoms with Crippen LogP contribution in [0.5, 0.6) is 0 Å². The summed E-state index contributed by atoms with van der Waals surface area (Å²) >= 11 is 1.45. The highest BCUT2D eigenvalue weighted by Gasteiger charge is 2.43. The fourth-order valence-corrected chi connectivity index (χ4v) is 5.65. The molecule has 1 fully saturated rings. The van der Waals surface area contributed by atoms with Crippen LogP contribution in [-0.4, -0.2) is 54.8 Å². The summed E-state index contributed by atoms with van der Waals surface area (Å²) in [4.78, 5) is 35.5. The summed E-state index contributed by atoms with van der Waals surface area (Å²) in [5.74, 6) is 1.01. The van der Waals surface area contributed by atoms with Gasteiger partial charge < -0.3 is 19.6 Å². The second kappa shape index (κ2) is 4.47. The minimum atomic E-state index is -4.25. The van der Waals surface area contributed by atoms with Gasteiger partial charge in [-0.25, -0.2) is 0 Å². The molecule has 0 amide bonds. The van der Waals surface area contributed by atoms with Crippen LogP contribution in [0.1, 0.15) is 0 Å². The topological polar surface area (TPSA) is 115 Å². The Morgan fingerprint density at radius 3 is 1.80 bits per heavy atom. The molecule has 1 aliphatic rings. The van der Waals surface area contributed by atoms with Crippen molar-refractivity contribution in [3.05, 3.63) is 0 Å². The van der Waals surface area contributed by atoms with Crippen molar-refractivity contribution in [2.24, 2.45) is 0 Å². The van der Waals surface area contributed by atoms with Gasteiger partial charge >= 0.3 is 15.2 Å². The Hall–Kier alpha value is 0.610. The van der Waals surface area contributed by atoms with Crippen molar-refractivity contribution in [3.8, 4) is 0 Å². The summed E-state index contributed by atoms with van der Waals surface area (Å²) in [6.45, 7) is 0.390. The molecule has 0 aromatic heterocycles. The van der Waals surface area contributed by atoms with Gasteiger partial charge in [-0.3, -0.25) is 13.6 Å². The fraction of sp³-hybridized carbons (Fsp3) is 1.00. The van der Waals surface area contributed by atoms with Gasteiger partial charge in [0.1, 0.15) is 5.88 Å². The largest absolute Gasteiger partial charge is 0.379 e. The van der Waals surface area contributed by atoms with Gasteiger partial charge in [-0.15, -0.1) is 0 Å². The Morgan fingerprint density at radius 1 is 1.07 bits per heavy atom. The zero-order valence-electron chi connectivity index (χ0n) is 7.89. The smallest absolute Gasteiger partial charge is 0.321 e.